The number of unbranched alkanes of at least 4 members (excludes halogenated alkanes) is 2. The van der Waals surface area contributed by atoms with Crippen LogP contribution in [0.15, 0.2) is 23.3 Å². The molecule has 0 radical (unpaired) electrons. The zero-order valence-corrected chi connectivity index (χ0v) is 11.3. The zero-order chi connectivity index (χ0) is 12.4. The third-order valence-corrected chi connectivity index (χ3v) is 2.63. The van der Waals surface area contributed by atoms with Gasteiger partial charge in [-0.05, 0) is 51.7 Å². The van der Waals surface area contributed by atoms with Gasteiger partial charge in [-0.3, -0.25) is 4.79 Å². The van der Waals surface area contributed by atoms with E-state index >= 15 is 0 Å². The first kappa shape index (κ1) is 15.2. The molecule has 0 fully saturated rings. The molecule has 0 atom stereocenters. The predicted molar refractivity (Wildman–Crippen MR) is 71.6 cm³/mol. The molecule has 0 aromatic rings. The molecule has 1 heteroatoms. The van der Waals surface area contributed by atoms with Crippen LogP contribution in [0.5, 0.6) is 0 Å². The fourth-order valence-corrected chi connectivity index (χ4v) is 1.58. The smallest absolute Gasteiger partial charge is 0.178 e. The van der Waals surface area contributed by atoms with Gasteiger partial charge in [0.25, 0.3) is 0 Å². The summed E-state index contributed by atoms with van der Waals surface area (Å²) in [7, 11) is 0. The Balaban J connectivity index is 4.13. The zero-order valence-electron chi connectivity index (χ0n) is 11.3. The van der Waals surface area contributed by atoms with E-state index in [1.807, 2.05) is 13.8 Å². The maximum atomic E-state index is 11.6. The van der Waals surface area contributed by atoms with Crippen molar-refractivity contribution in [2.45, 2.75) is 66.2 Å². The molecule has 0 amide bonds. The van der Waals surface area contributed by atoms with Gasteiger partial charge in [0.15, 0.2) is 5.78 Å². The van der Waals surface area contributed by atoms with E-state index in [-0.39, 0.29) is 5.78 Å². The number of hydrogen-bond donors (Lipinski definition) is 0. The summed E-state index contributed by atoms with van der Waals surface area (Å²) in [5, 5.41) is 0. The van der Waals surface area contributed by atoms with Crippen LogP contribution in [0.4, 0.5) is 0 Å². The van der Waals surface area contributed by atoms with Crippen molar-refractivity contribution in [1.29, 1.82) is 0 Å². The molecular formula is C15H26O. The van der Waals surface area contributed by atoms with Crippen molar-refractivity contribution in [2.75, 3.05) is 0 Å². The van der Waals surface area contributed by atoms with E-state index in [1.54, 1.807) is 12.2 Å². The Morgan fingerprint density at radius 2 is 1.25 bits per heavy atom. The molecule has 0 aliphatic rings. The standard InChI is InChI=1S/C15H26O/c1-5-7-9-13(3)11-15(16)12-14(4)10-8-6-2/h11-12H,5-10H2,1-4H3. The fourth-order valence-electron chi connectivity index (χ4n) is 1.58. The number of hydrogen-bond acceptors (Lipinski definition) is 1. The van der Waals surface area contributed by atoms with Gasteiger partial charge in [-0.25, -0.2) is 0 Å². The molecule has 0 unspecified atom stereocenters. The highest BCUT2D eigenvalue weighted by Crippen LogP contribution is 2.09. The minimum atomic E-state index is 0.155. The molecule has 0 aliphatic heterocycles. The third-order valence-electron chi connectivity index (χ3n) is 2.63. The maximum Gasteiger partial charge on any atom is 0.178 e. The first-order valence-electron chi connectivity index (χ1n) is 6.48. The van der Waals surface area contributed by atoms with Crippen LogP contribution in [0.2, 0.25) is 0 Å². The van der Waals surface area contributed by atoms with Crippen molar-refractivity contribution in [3.8, 4) is 0 Å². The van der Waals surface area contributed by atoms with E-state index in [0.717, 1.165) is 12.8 Å². The Labute approximate surface area is 101 Å². The summed E-state index contributed by atoms with van der Waals surface area (Å²) in [6.07, 6.45) is 10.4. The van der Waals surface area contributed by atoms with Crippen LogP contribution >= 0.6 is 0 Å². The van der Waals surface area contributed by atoms with E-state index in [0.29, 0.717) is 0 Å². The third kappa shape index (κ3) is 8.46. The minimum Gasteiger partial charge on any atom is -0.290 e. The second-order valence-electron chi connectivity index (χ2n) is 4.59. The number of rotatable bonds is 8. The van der Waals surface area contributed by atoms with Crippen LogP contribution in [0.25, 0.3) is 0 Å². The lowest BCUT2D eigenvalue weighted by molar-refractivity contribution is -0.110. The van der Waals surface area contributed by atoms with Crippen molar-refractivity contribution in [2.24, 2.45) is 0 Å². The molecule has 0 bridgehead atoms. The average molecular weight is 222 g/mol. The summed E-state index contributed by atoms with van der Waals surface area (Å²) >= 11 is 0. The second kappa shape index (κ2) is 9.38. The van der Waals surface area contributed by atoms with Gasteiger partial charge in [-0.1, -0.05) is 37.8 Å². The Bertz CT molecular complexity index is 233. The van der Waals surface area contributed by atoms with Gasteiger partial charge in [0.05, 0.1) is 0 Å². The Hall–Kier alpha value is -0.850. The average Bonchev–Trinajstić information content (AvgIpc) is 2.23. The summed E-state index contributed by atoms with van der Waals surface area (Å²) in [5.41, 5.74) is 2.40. The SMILES string of the molecule is CCCCC(C)=CC(=O)C=C(C)CCCC. The molecule has 0 aliphatic carbocycles. The van der Waals surface area contributed by atoms with Gasteiger partial charge in [0, 0.05) is 0 Å². The van der Waals surface area contributed by atoms with Crippen molar-refractivity contribution < 1.29 is 4.79 Å². The summed E-state index contributed by atoms with van der Waals surface area (Å²) in [6.45, 7) is 8.43. The summed E-state index contributed by atoms with van der Waals surface area (Å²) < 4.78 is 0. The Kier molecular flexibility index (Phi) is 8.88. The van der Waals surface area contributed by atoms with Gasteiger partial charge < -0.3 is 0 Å². The van der Waals surface area contributed by atoms with Gasteiger partial charge in [-0.2, -0.15) is 0 Å². The second-order valence-corrected chi connectivity index (χ2v) is 4.59. The monoisotopic (exact) mass is 222 g/mol. The van der Waals surface area contributed by atoms with Crippen LogP contribution in [-0.2, 0) is 4.79 Å². The van der Waals surface area contributed by atoms with Gasteiger partial charge in [-0.15, -0.1) is 0 Å². The highest BCUT2D eigenvalue weighted by Gasteiger charge is 1.97. The minimum absolute atomic E-state index is 0.155. The molecule has 0 saturated heterocycles. The molecule has 0 N–H and O–H groups in total. The molecular weight excluding hydrogens is 196 g/mol. The lowest BCUT2D eigenvalue weighted by Crippen LogP contribution is -1.91. The first-order valence-corrected chi connectivity index (χ1v) is 6.48. The lowest BCUT2D eigenvalue weighted by atomic mass is 10.1. The molecule has 0 aromatic carbocycles. The molecule has 0 heterocycles. The normalized spacial score (nSPS) is 13.0. The van der Waals surface area contributed by atoms with Crippen molar-refractivity contribution >= 4 is 5.78 Å². The maximum absolute atomic E-state index is 11.6. The van der Waals surface area contributed by atoms with Crippen LogP contribution in [-0.4, -0.2) is 5.78 Å². The molecule has 92 valence electrons. The fraction of sp³-hybridized carbons (Fsp3) is 0.667. The van der Waals surface area contributed by atoms with Crippen molar-refractivity contribution in [1.82, 2.24) is 0 Å². The summed E-state index contributed by atoms with van der Waals surface area (Å²) in [4.78, 5) is 11.6. The molecule has 0 rings (SSSR count). The predicted octanol–water partition coefficient (Wildman–Crippen LogP) is 4.83. The molecule has 16 heavy (non-hydrogen) atoms. The number of carbonyl (C=O) groups excluding carboxylic acids is 1. The summed E-state index contributed by atoms with van der Waals surface area (Å²) in [5.74, 6) is 0.155. The van der Waals surface area contributed by atoms with Crippen LogP contribution < -0.4 is 0 Å². The quantitative estimate of drug-likeness (QED) is 0.538. The van der Waals surface area contributed by atoms with Crippen LogP contribution in [0.3, 0.4) is 0 Å². The molecule has 1 nitrogen and oxygen atoms in total. The first-order chi connectivity index (χ1) is 7.60. The van der Waals surface area contributed by atoms with Gasteiger partial charge >= 0.3 is 0 Å². The lowest BCUT2D eigenvalue weighted by Gasteiger charge is -1.99. The van der Waals surface area contributed by atoms with Crippen molar-refractivity contribution in [3.05, 3.63) is 23.3 Å². The van der Waals surface area contributed by atoms with E-state index in [1.165, 1.54) is 36.8 Å². The Morgan fingerprint density at radius 3 is 1.56 bits per heavy atom. The van der Waals surface area contributed by atoms with E-state index < -0.39 is 0 Å². The number of carbonyl (C=O) groups is 1. The Morgan fingerprint density at radius 1 is 0.875 bits per heavy atom. The topological polar surface area (TPSA) is 17.1 Å². The summed E-state index contributed by atoms with van der Waals surface area (Å²) in [6, 6.07) is 0. The molecule has 0 saturated carbocycles. The molecule has 0 aromatic heterocycles. The van der Waals surface area contributed by atoms with Crippen LogP contribution in [0.1, 0.15) is 66.2 Å². The van der Waals surface area contributed by atoms with E-state index in [9.17, 15) is 4.79 Å². The van der Waals surface area contributed by atoms with Gasteiger partial charge in [0.2, 0.25) is 0 Å². The highest BCUT2D eigenvalue weighted by molar-refractivity contribution is 6.00. The van der Waals surface area contributed by atoms with Crippen molar-refractivity contribution in [3.63, 3.8) is 0 Å². The number of allylic oxidation sites excluding steroid dienone is 4. The highest BCUT2D eigenvalue weighted by atomic mass is 16.1. The molecule has 0 spiro atoms. The largest absolute Gasteiger partial charge is 0.290 e. The number of ketones is 1. The van der Waals surface area contributed by atoms with Gasteiger partial charge in [0.1, 0.15) is 0 Å². The van der Waals surface area contributed by atoms with Crippen LogP contribution in [0, 0.1) is 0 Å². The van der Waals surface area contributed by atoms with E-state index in [4.69, 9.17) is 0 Å². The van der Waals surface area contributed by atoms with E-state index in [2.05, 4.69) is 13.8 Å².